The largest absolute Gasteiger partial charge is 0.296 e. The molecule has 0 aliphatic rings. The van der Waals surface area contributed by atoms with Gasteiger partial charge in [-0.15, -0.1) is 11.3 Å². The number of carbonyl (C=O) groups excluding carboxylic acids is 1. The van der Waals surface area contributed by atoms with E-state index in [2.05, 4.69) is 34.2 Å². The topological polar surface area (TPSA) is 72.7 Å². The maximum atomic E-state index is 12.6. The Hall–Kier alpha value is -2.54. The number of nitrogens with zero attached hydrogens (tertiary/aromatic N) is 4. The highest BCUT2D eigenvalue weighted by Gasteiger charge is 2.17. The molecule has 0 aliphatic carbocycles. The van der Waals surface area contributed by atoms with Gasteiger partial charge in [-0.3, -0.25) is 19.8 Å². The molecule has 3 rings (SSSR count). The van der Waals surface area contributed by atoms with Gasteiger partial charge in [0.1, 0.15) is 11.4 Å². The minimum Gasteiger partial charge on any atom is -0.296 e. The molecule has 0 aliphatic heterocycles. The van der Waals surface area contributed by atoms with Crippen molar-refractivity contribution in [2.75, 3.05) is 5.32 Å². The van der Waals surface area contributed by atoms with Gasteiger partial charge >= 0.3 is 0 Å². The predicted molar refractivity (Wildman–Crippen MR) is 95.3 cm³/mol. The average molecular weight is 341 g/mol. The summed E-state index contributed by atoms with van der Waals surface area (Å²) in [6.45, 7) is 6.73. The molecule has 0 fully saturated rings. The van der Waals surface area contributed by atoms with E-state index in [0.717, 1.165) is 17.1 Å². The third-order valence-corrected chi connectivity index (χ3v) is 4.33. The van der Waals surface area contributed by atoms with E-state index in [1.165, 1.54) is 11.3 Å². The van der Waals surface area contributed by atoms with Crippen molar-refractivity contribution in [3.63, 3.8) is 0 Å². The van der Waals surface area contributed by atoms with E-state index in [4.69, 9.17) is 0 Å². The standard InChI is InChI=1S/C17H19N5OS/c1-4-22-15(9-13(21-22)11(2)3)16(23)20-17-19-14(10-24-17)12-7-5-6-8-18-12/h5-11H,4H2,1-3H3,(H,19,20,23). The van der Waals surface area contributed by atoms with Crippen molar-refractivity contribution in [2.24, 2.45) is 0 Å². The SMILES string of the molecule is CCn1nc(C(C)C)cc1C(=O)Nc1nc(-c2ccccn2)cs1. The molecule has 0 bridgehead atoms. The summed E-state index contributed by atoms with van der Waals surface area (Å²) >= 11 is 1.38. The maximum Gasteiger partial charge on any atom is 0.275 e. The van der Waals surface area contributed by atoms with Crippen LogP contribution in [0.2, 0.25) is 0 Å². The van der Waals surface area contributed by atoms with E-state index < -0.39 is 0 Å². The molecule has 3 heterocycles. The summed E-state index contributed by atoms with van der Waals surface area (Å²) in [7, 11) is 0. The molecule has 0 spiro atoms. The summed E-state index contributed by atoms with van der Waals surface area (Å²) in [6, 6.07) is 7.50. The van der Waals surface area contributed by atoms with Gasteiger partial charge in [-0.1, -0.05) is 19.9 Å². The quantitative estimate of drug-likeness (QED) is 0.766. The molecule has 0 aromatic carbocycles. The Morgan fingerprint density at radius 3 is 2.83 bits per heavy atom. The summed E-state index contributed by atoms with van der Waals surface area (Å²) in [5.41, 5.74) is 3.00. The Morgan fingerprint density at radius 2 is 2.17 bits per heavy atom. The molecule has 7 heteroatoms. The second-order valence-electron chi connectivity index (χ2n) is 5.63. The minimum atomic E-state index is -0.196. The van der Waals surface area contributed by atoms with Gasteiger partial charge in [0.15, 0.2) is 5.13 Å². The van der Waals surface area contributed by atoms with Crippen molar-refractivity contribution in [3.05, 3.63) is 47.2 Å². The zero-order valence-corrected chi connectivity index (χ0v) is 14.7. The molecule has 3 aromatic rings. The van der Waals surface area contributed by atoms with Gasteiger partial charge in [0.2, 0.25) is 0 Å². The maximum absolute atomic E-state index is 12.6. The Labute approximate surface area is 144 Å². The molecule has 0 unspecified atom stereocenters. The Bertz CT molecular complexity index is 838. The fraction of sp³-hybridized carbons (Fsp3) is 0.294. The molecule has 0 radical (unpaired) electrons. The molecule has 1 N–H and O–H groups in total. The van der Waals surface area contributed by atoms with Crippen LogP contribution in [0.5, 0.6) is 0 Å². The third kappa shape index (κ3) is 3.35. The first kappa shape index (κ1) is 16.3. The van der Waals surface area contributed by atoms with Gasteiger partial charge in [-0.2, -0.15) is 5.10 Å². The van der Waals surface area contributed by atoms with Gasteiger partial charge in [0, 0.05) is 18.1 Å². The van der Waals surface area contributed by atoms with E-state index in [-0.39, 0.29) is 11.8 Å². The summed E-state index contributed by atoms with van der Waals surface area (Å²) in [4.78, 5) is 21.3. The number of hydrogen-bond donors (Lipinski definition) is 1. The van der Waals surface area contributed by atoms with Crippen LogP contribution in [0.3, 0.4) is 0 Å². The van der Waals surface area contributed by atoms with E-state index in [1.54, 1.807) is 10.9 Å². The van der Waals surface area contributed by atoms with Crippen LogP contribution in [0.25, 0.3) is 11.4 Å². The number of anilines is 1. The molecule has 3 aromatic heterocycles. The van der Waals surface area contributed by atoms with Crippen molar-refractivity contribution >= 4 is 22.4 Å². The lowest BCUT2D eigenvalue weighted by atomic mass is 10.1. The minimum absolute atomic E-state index is 0.196. The molecule has 124 valence electrons. The van der Waals surface area contributed by atoms with Crippen molar-refractivity contribution in [1.29, 1.82) is 0 Å². The van der Waals surface area contributed by atoms with E-state index >= 15 is 0 Å². The van der Waals surface area contributed by atoms with Gasteiger partial charge < -0.3 is 0 Å². The van der Waals surface area contributed by atoms with Crippen LogP contribution in [0.4, 0.5) is 5.13 Å². The lowest BCUT2D eigenvalue weighted by molar-refractivity contribution is 0.101. The number of thiazole rings is 1. The van der Waals surface area contributed by atoms with Gasteiger partial charge in [0.05, 0.1) is 11.4 Å². The van der Waals surface area contributed by atoms with Crippen molar-refractivity contribution in [3.8, 4) is 11.4 Å². The van der Waals surface area contributed by atoms with E-state index in [9.17, 15) is 4.79 Å². The Balaban J connectivity index is 1.79. The van der Waals surface area contributed by atoms with Crippen molar-refractivity contribution in [1.82, 2.24) is 19.7 Å². The predicted octanol–water partition coefficient (Wildman–Crippen LogP) is 3.80. The highest BCUT2D eigenvalue weighted by Crippen LogP contribution is 2.24. The van der Waals surface area contributed by atoms with Gasteiger partial charge in [-0.25, -0.2) is 4.98 Å². The molecule has 0 saturated carbocycles. The van der Waals surface area contributed by atoms with Crippen molar-refractivity contribution in [2.45, 2.75) is 33.2 Å². The molecule has 0 saturated heterocycles. The fourth-order valence-corrected chi connectivity index (χ4v) is 2.97. The van der Waals surface area contributed by atoms with Crippen LogP contribution in [0.15, 0.2) is 35.8 Å². The number of aromatic nitrogens is 4. The monoisotopic (exact) mass is 341 g/mol. The van der Waals surface area contributed by atoms with Crippen LogP contribution in [-0.4, -0.2) is 25.7 Å². The fourth-order valence-electron chi connectivity index (χ4n) is 2.27. The Kier molecular flexibility index (Phi) is 4.71. The van der Waals surface area contributed by atoms with Crippen LogP contribution in [0.1, 0.15) is 42.9 Å². The normalized spacial score (nSPS) is 11.0. The number of hydrogen-bond acceptors (Lipinski definition) is 5. The Morgan fingerprint density at radius 1 is 1.33 bits per heavy atom. The zero-order valence-electron chi connectivity index (χ0n) is 13.9. The third-order valence-electron chi connectivity index (χ3n) is 3.57. The number of aryl methyl sites for hydroxylation is 1. The summed E-state index contributed by atoms with van der Waals surface area (Å²) in [5.74, 6) is 0.0816. The van der Waals surface area contributed by atoms with Gasteiger partial charge in [-0.05, 0) is 31.0 Å². The molecular formula is C17H19N5OS. The number of rotatable bonds is 5. The second kappa shape index (κ2) is 6.92. The second-order valence-corrected chi connectivity index (χ2v) is 6.49. The number of carbonyl (C=O) groups is 1. The van der Waals surface area contributed by atoms with Crippen LogP contribution in [0, 0.1) is 0 Å². The first-order valence-electron chi connectivity index (χ1n) is 7.84. The number of nitrogens with one attached hydrogen (secondary N) is 1. The van der Waals surface area contributed by atoms with E-state index in [1.807, 2.05) is 36.6 Å². The lowest BCUT2D eigenvalue weighted by Gasteiger charge is -2.03. The zero-order chi connectivity index (χ0) is 17.1. The molecule has 1 amide bonds. The highest BCUT2D eigenvalue weighted by molar-refractivity contribution is 7.14. The van der Waals surface area contributed by atoms with Crippen molar-refractivity contribution < 1.29 is 4.79 Å². The highest BCUT2D eigenvalue weighted by atomic mass is 32.1. The molecule has 24 heavy (non-hydrogen) atoms. The first-order valence-corrected chi connectivity index (χ1v) is 8.72. The smallest absolute Gasteiger partial charge is 0.275 e. The van der Waals surface area contributed by atoms with Crippen LogP contribution < -0.4 is 5.32 Å². The number of amides is 1. The van der Waals surface area contributed by atoms with E-state index in [0.29, 0.717) is 17.4 Å². The first-order chi connectivity index (χ1) is 11.6. The van der Waals surface area contributed by atoms with Crippen LogP contribution >= 0.6 is 11.3 Å². The van der Waals surface area contributed by atoms with Gasteiger partial charge in [0.25, 0.3) is 5.91 Å². The molecule has 0 atom stereocenters. The summed E-state index contributed by atoms with van der Waals surface area (Å²) in [6.07, 6.45) is 1.72. The van der Waals surface area contributed by atoms with Crippen LogP contribution in [-0.2, 0) is 6.54 Å². The molecular weight excluding hydrogens is 322 g/mol. The summed E-state index contributed by atoms with van der Waals surface area (Å²) < 4.78 is 1.72. The molecule has 6 nitrogen and oxygen atoms in total. The lowest BCUT2D eigenvalue weighted by Crippen LogP contribution is -2.17. The average Bonchev–Trinajstić information content (AvgIpc) is 3.22. The summed E-state index contributed by atoms with van der Waals surface area (Å²) in [5, 5.41) is 9.76. The number of pyridine rings is 1.